The van der Waals surface area contributed by atoms with Gasteiger partial charge in [0.1, 0.15) is 0 Å². The first kappa shape index (κ1) is 16.5. The minimum Gasteiger partial charge on any atom is -0.481 e. The fourth-order valence-electron chi connectivity index (χ4n) is 3.05. The van der Waals surface area contributed by atoms with Crippen molar-refractivity contribution in [3.8, 4) is 0 Å². The van der Waals surface area contributed by atoms with Crippen LogP contribution in [0.25, 0.3) is 0 Å². The average Bonchev–Trinajstić information content (AvgIpc) is 2.78. The zero-order valence-electron chi connectivity index (χ0n) is 13.7. The zero-order valence-corrected chi connectivity index (χ0v) is 13.7. The normalized spacial score (nSPS) is 22.1. The maximum absolute atomic E-state index is 12.7. The Balaban J connectivity index is 2.10. The number of piperidine rings is 1. The van der Waals surface area contributed by atoms with Crippen molar-refractivity contribution in [3.63, 3.8) is 0 Å². The topological polar surface area (TPSA) is 75.4 Å². The molecular weight excluding hydrogens is 282 g/mol. The number of likely N-dealkylation sites (tertiary alicyclic amines) is 1. The van der Waals surface area contributed by atoms with E-state index in [4.69, 9.17) is 5.11 Å². The predicted molar refractivity (Wildman–Crippen MR) is 82.6 cm³/mol. The lowest BCUT2D eigenvalue weighted by atomic mass is 9.87. The van der Waals surface area contributed by atoms with Crippen LogP contribution < -0.4 is 0 Å². The number of carbonyl (C=O) groups is 2. The maximum atomic E-state index is 12.7. The standard InChI is InChI=1S/C16H25N3O3/c1-10(2)8-19-12(4)14(7-17-19)15(20)18-6-5-13(16(21)22)11(3)9-18/h7,10-11,13H,5-6,8-9H2,1-4H3,(H,21,22). The van der Waals surface area contributed by atoms with Gasteiger partial charge >= 0.3 is 5.97 Å². The lowest BCUT2D eigenvalue weighted by Gasteiger charge is -2.34. The van der Waals surface area contributed by atoms with Crippen LogP contribution >= 0.6 is 0 Å². The van der Waals surface area contributed by atoms with Crippen LogP contribution in [0, 0.1) is 24.7 Å². The summed E-state index contributed by atoms with van der Waals surface area (Å²) in [5.74, 6) is -0.716. The molecule has 0 spiro atoms. The highest BCUT2D eigenvalue weighted by molar-refractivity contribution is 5.95. The first-order valence-corrected chi connectivity index (χ1v) is 7.85. The molecule has 0 aliphatic carbocycles. The number of aromatic nitrogens is 2. The Morgan fingerprint density at radius 2 is 2.14 bits per heavy atom. The molecule has 1 N–H and O–H groups in total. The van der Waals surface area contributed by atoms with Crippen molar-refractivity contribution in [2.45, 2.75) is 40.7 Å². The molecule has 1 amide bonds. The number of hydrogen-bond acceptors (Lipinski definition) is 3. The Kier molecular flexibility index (Phi) is 4.88. The van der Waals surface area contributed by atoms with Crippen LogP contribution in [0.5, 0.6) is 0 Å². The Hall–Kier alpha value is -1.85. The molecule has 1 saturated heterocycles. The summed E-state index contributed by atoms with van der Waals surface area (Å²) in [7, 11) is 0. The molecule has 1 aliphatic rings. The second-order valence-electron chi connectivity index (χ2n) is 6.68. The van der Waals surface area contributed by atoms with Crippen LogP contribution in [0.3, 0.4) is 0 Å². The van der Waals surface area contributed by atoms with Crippen LogP contribution in [-0.2, 0) is 11.3 Å². The van der Waals surface area contributed by atoms with Gasteiger partial charge in [0, 0.05) is 25.3 Å². The van der Waals surface area contributed by atoms with Crippen molar-refractivity contribution in [1.82, 2.24) is 14.7 Å². The van der Waals surface area contributed by atoms with E-state index in [0.29, 0.717) is 31.0 Å². The van der Waals surface area contributed by atoms with E-state index >= 15 is 0 Å². The quantitative estimate of drug-likeness (QED) is 0.923. The lowest BCUT2D eigenvalue weighted by molar-refractivity contribution is -0.145. The number of rotatable bonds is 4. The molecule has 2 heterocycles. The molecule has 2 atom stereocenters. The Morgan fingerprint density at radius 3 is 2.68 bits per heavy atom. The van der Waals surface area contributed by atoms with Crippen LogP contribution in [0.15, 0.2) is 6.20 Å². The Bertz CT molecular complexity index is 565. The third kappa shape index (κ3) is 3.31. The predicted octanol–water partition coefficient (Wildman–Crippen LogP) is 2.03. The van der Waals surface area contributed by atoms with Crippen molar-refractivity contribution in [3.05, 3.63) is 17.5 Å². The van der Waals surface area contributed by atoms with Crippen LogP contribution in [0.4, 0.5) is 0 Å². The number of nitrogens with zero attached hydrogens (tertiary/aromatic N) is 3. The molecule has 1 aromatic rings. The van der Waals surface area contributed by atoms with Gasteiger partial charge in [-0.1, -0.05) is 20.8 Å². The van der Waals surface area contributed by atoms with Crippen molar-refractivity contribution in [2.75, 3.05) is 13.1 Å². The van der Waals surface area contributed by atoms with Crippen molar-refractivity contribution in [1.29, 1.82) is 0 Å². The lowest BCUT2D eigenvalue weighted by Crippen LogP contribution is -2.45. The number of carboxylic acids is 1. The van der Waals surface area contributed by atoms with Gasteiger partial charge in [0.2, 0.25) is 0 Å². The van der Waals surface area contributed by atoms with Crippen LogP contribution in [0.1, 0.15) is 43.2 Å². The summed E-state index contributed by atoms with van der Waals surface area (Å²) in [6.45, 7) is 9.81. The van der Waals surface area contributed by atoms with E-state index < -0.39 is 5.97 Å². The molecule has 1 fully saturated rings. The van der Waals surface area contributed by atoms with Gasteiger partial charge in [-0.25, -0.2) is 0 Å². The van der Waals surface area contributed by atoms with Gasteiger partial charge in [-0.15, -0.1) is 0 Å². The molecule has 122 valence electrons. The summed E-state index contributed by atoms with van der Waals surface area (Å²) in [6.07, 6.45) is 2.15. The van der Waals surface area contributed by atoms with E-state index in [-0.39, 0.29) is 17.7 Å². The molecule has 6 heteroatoms. The van der Waals surface area contributed by atoms with E-state index in [0.717, 1.165) is 12.2 Å². The Morgan fingerprint density at radius 1 is 1.45 bits per heavy atom. The second-order valence-corrected chi connectivity index (χ2v) is 6.68. The summed E-state index contributed by atoms with van der Waals surface area (Å²) in [5.41, 5.74) is 1.51. The molecule has 0 saturated carbocycles. The second kappa shape index (κ2) is 6.50. The SMILES string of the molecule is Cc1c(C(=O)N2CCC(C(=O)O)C(C)C2)cnn1CC(C)C. The van der Waals surface area contributed by atoms with Crippen molar-refractivity contribution < 1.29 is 14.7 Å². The number of carboxylic acid groups (broad SMARTS) is 1. The summed E-state index contributed by atoms with van der Waals surface area (Å²) >= 11 is 0. The molecule has 0 radical (unpaired) electrons. The summed E-state index contributed by atoms with van der Waals surface area (Å²) in [5, 5.41) is 13.5. The average molecular weight is 307 g/mol. The third-order valence-corrected chi connectivity index (χ3v) is 4.38. The van der Waals surface area contributed by atoms with Gasteiger partial charge < -0.3 is 10.0 Å². The fourth-order valence-corrected chi connectivity index (χ4v) is 3.05. The smallest absolute Gasteiger partial charge is 0.306 e. The third-order valence-electron chi connectivity index (χ3n) is 4.38. The molecule has 2 rings (SSSR count). The first-order valence-electron chi connectivity index (χ1n) is 7.85. The fraction of sp³-hybridized carbons (Fsp3) is 0.688. The summed E-state index contributed by atoms with van der Waals surface area (Å²) in [6, 6.07) is 0. The number of amides is 1. The van der Waals surface area contributed by atoms with E-state index in [1.54, 1.807) is 11.1 Å². The van der Waals surface area contributed by atoms with E-state index in [1.807, 2.05) is 18.5 Å². The molecule has 1 aromatic heterocycles. The molecule has 0 aromatic carbocycles. The highest BCUT2D eigenvalue weighted by Gasteiger charge is 2.34. The molecule has 22 heavy (non-hydrogen) atoms. The summed E-state index contributed by atoms with van der Waals surface area (Å²) < 4.78 is 1.87. The van der Waals surface area contributed by atoms with E-state index in [2.05, 4.69) is 18.9 Å². The highest BCUT2D eigenvalue weighted by Crippen LogP contribution is 2.25. The summed E-state index contributed by atoms with van der Waals surface area (Å²) in [4.78, 5) is 25.6. The van der Waals surface area contributed by atoms with Gasteiger partial charge in [0.05, 0.1) is 17.7 Å². The van der Waals surface area contributed by atoms with Gasteiger partial charge in [-0.05, 0) is 25.2 Å². The highest BCUT2D eigenvalue weighted by atomic mass is 16.4. The van der Waals surface area contributed by atoms with Gasteiger partial charge in [-0.3, -0.25) is 14.3 Å². The van der Waals surface area contributed by atoms with Gasteiger partial charge in [0.15, 0.2) is 0 Å². The molecule has 2 unspecified atom stereocenters. The zero-order chi connectivity index (χ0) is 16.4. The van der Waals surface area contributed by atoms with E-state index in [1.165, 1.54) is 0 Å². The minimum atomic E-state index is -0.763. The van der Waals surface area contributed by atoms with Crippen molar-refractivity contribution >= 4 is 11.9 Å². The minimum absolute atomic E-state index is 0.0267. The molecule has 1 aliphatic heterocycles. The van der Waals surface area contributed by atoms with Gasteiger partial charge in [-0.2, -0.15) is 5.10 Å². The monoisotopic (exact) mass is 307 g/mol. The van der Waals surface area contributed by atoms with Crippen LogP contribution in [0.2, 0.25) is 0 Å². The van der Waals surface area contributed by atoms with Gasteiger partial charge in [0.25, 0.3) is 5.91 Å². The van der Waals surface area contributed by atoms with Crippen molar-refractivity contribution in [2.24, 2.45) is 17.8 Å². The number of carbonyl (C=O) groups excluding carboxylic acids is 1. The first-order chi connectivity index (χ1) is 10.3. The Labute approximate surface area is 131 Å². The van der Waals surface area contributed by atoms with E-state index in [9.17, 15) is 9.59 Å². The maximum Gasteiger partial charge on any atom is 0.306 e. The largest absolute Gasteiger partial charge is 0.481 e. The number of aliphatic carboxylic acids is 1. The molecule has 6 nitrogen and oxygen atoms in total. The van der Waals surface area contributed by atoms with Crippen LogP contribution in [-0.4, -0.2) is 44.8 Å². The molecular formula is C16H25N3O3. The number of hydrogen-bond donors (Lipinski definition) is 1. The molecule has 0 bridgehead atoms.